The minimum absolute atomic E-state index is 0.209. The van der Waals surface area contributed by atoms with Gasteiger partial charge in [-0.25, -0.2) is 4.79 Å². The lowest BCUT2D eigenvalue weighted by molar-refractivity contribution is -0.140. The van der Waals surface area contributed by atoms with Crippen LogP contribution in [0.25, 0.3) is 0 Å². The summed E-state index contributed by atoms with van der Waals surface area (Å²) in [6, 6.07) is 0.209. The molecule has 2 atom stereocenters. The molecule has 0 saturated heterocycles. The number of carbonyl (C=O) groups excluding carboxylic acids is 1. The van der Waals surface area contributed by atoms with E-state index in [1.165, 1.54) is 0 Å². The molecule has 0 bridgehead atoms. The molecule has 3 nitrogen and oxygen atoms in total. The van der Waals surface area contributed by atoms with Crippen LogP contribution in [0.2, 0.25) is 0 Å². The summed E-state index contributed by atoms with van der Waals surface area (Å²) in [7, 11) is 0. The van der Waals surface area contributed by atoms with Crippen molar-refractivity contribution in [2.24, 2.45) is 17.6 Å². The molecule has 0 aliphatic heterocycles. The first-order valence-electron chi connectivity index (χ1n) is 6.47. The third-order valence-electron chi connectivity index (χ3n) is 2.60. The first-order chi connectivity index (χ1) is 7.86. The number of nitrogens with two attached hydrogens (primary N) is 1. The summed E-state index contributed by atoms with van der Waals surface area (Å²) in [5.41, 5.74) is 6.56. The Kier molecular flexibility index (Phi) is 7.88. The summed E-state index contributed by atoms with van der Waals surface area (Å²) >= 11 is 0. The molecule has 0 aliphatic rings. The largest absolute Gasteiger partial charge is 0.462 e. The summed E-state index contributed by atoms with van der Waals surface area (Å²) in [6.45, 7) is 10.5. The second kappa shape index (κ2) is 8.29. The van der Waals surface area contributed by atoms with E-state index in [9.17, 15) is 4.79 Å². The minimum atomic E-state index is -0.212. The molecule has 0 fully saturated rings. The van der Waals surface area contributed by atoms with Crippen LogP contribution in [-0.4, -0.2) is 18.6 Å². The van der Waals surface area contributed by atoms with Gasteiger partial charge < -0.3 is 10.5 Å². The van der Waals surface area contributed by atoms with Crippen molar-refractivity contribution in [1.29, 1.82) is 0 Å². The molecule has 0 heterocycles. The van der Waals surface area contributed by atoms with E-state index in [-0.39, 0.29) is 12.0 Å². The molecule has 0 aromatic carbocycles. The molecule has 0 rings (SSSR count). The van der Waals surface area contributed by atoms with Crippen molar-refractivity contribution >= 4 is 5.97 Å². The zero-order valence-corrected chi connectivity index (χ0v) is 11.8. The molecule has 100 valence electrons. The molecule has 0 aliphatic carbocycles. The molecule has 0 spiro atoms. The summed E-state index contributed by atoms with van der Waals surface area (Å²) in [4.78, 5) is 11.6. The Hall–Kier alpha value is -0.830. The third-order valence-corrected chi connectivity index (χ3v) is 2.60. The Morgan fingerprint density at radius 3 is 2.41 bits per heavy atom. The van der Waals surface area contributed by atoms with Crippen molar-refractivity contribution in [3.05, 3.63) is 11.6 Å². The topological polar surface area (TPSA) is 52.3 Å². The van der Waals surface area contributed by atoms with Gasteiger partial charge in [-0.15, -0.1) is 0 Å². The quantitative estimate of drug-likeness (QED) is 0.551. The van der Waals surface area contributed by atoms with Gasteiger partial charge in [0.05, 0.1) is 6.61 Å². The second-order valence-corrected chi connectivity index (χ2v) is 5.22. The van der Waals surface area contributed by atoms with E-state index in [0.717, 1.165) is 12.8 Å². The molecule has 0 radical (unpaired) electrons. The smallest absolute Gasteiger partial charge is 0.333 e. The summed E-state index contributed by atoms with van der Waals surface area (Å²) in [5.74, 6) is 0.477. The van der Waals surface area contributed by atoms with Gasteiger partial charge in [-0.3, -0.25) is 0 Å². The van der Waals surface area contributed by atoms with E-state index < -0.39 is 0 Å². The van der Waals surface area contributed by atoms with Gasteiger partial charge in [-0.05, 0) is 31.6 Å². The molecule has 2 N–H and O–H groups in total. The van der Waals surface area contributed by atoms with E-state index in [1.807, 2.05) is 19.9 Å². The predicted octanol–water partition coefficient (Wildman–Crippen LogP) is 2.90. The van der Waals surface area contributed by atoms with Gasteiger partial charge in [0.25, 0.3) is 0 Å². The van der Waals surface area contributed by atoms with Gasteiger partial charge in [-0.1, -0.05) is 33.8 Å². The van der Waals surface area contributed by atoms with Crippen molar-refractivity contribution in [2.75, 3.05) is 6.61 Å². The van der Waals surface area contributed by atoms with E-state index >= 15 is 0 Å². The Balaban J connectivity index is 4.18. The van der Waals surface area contributed by atoms with E-state index in [4.69, 9.17) is 10.5 Å². The summed E-state index contributed by atoms with van der Waals surface area (Å²) < 4.78 is 5.16. The maximum atomic E-state index is 11.6. The first-order valence-corrected chi connectivity index (χ1v) is 6.47. The Morgan fingerprint density at radius 1 is 1.35 bits per heavy atom. The lowest BCUT2D eigenvalue weighted by Gasteiger charge is -2.13. The van der Waals surface area contributed by atoms with E-state index in [1.54, 1.807) is 6.92 Å². The molecule has 0 amide bonds. The monoisotopic (exact) mass is 241 g/mol. The minimum Gasteiger partial charge on any atom is -0.462 e. The van der Waals surface area contributed by atoms with Crippen LogP contribution < -0.4 is 5.73 Å². The average molecular weight is 241 g/mol. The summed E-state index contributed by atoms with van der Waals surface area (Å²) in [6.07, 6.45) is 3.83. The van der Waals surface area contributed by atoms with Crippen molar-refractivity contribution in [3.8, 4) is 0 Å². The number of ether oxygens (including phenoxy) is 1. The highest BCUT2D eigenvalue weighted by Crippen LogP contribution is 2.12. The van der Waals surface area contributed by atoms with Crippen molar-refractivity contribution < 1.29 is 9.53 Å². The molecular formula is C14H27NO2. The van der Waals surface area contributed by atoms with Gasteiger partial charge in [0.2, 0.25) is 0 Å². The van der Waals surface area contributed by atoms with Crippen LogP contribution >= 0.6 is 0 Å². The highest BCUT2D eigenvalue weighted by molar-refractivity contribution is 5.87. The number of hydrogen-bond acceptors (Lipinski definition) is 3. The average Bonchev–Trinajstić information content (AvgIpc) is 2.25. The molecule has 3 heteroatoms. The number of carbonyl (C=O) groups is 1. The highest BCUT2D eigenvalue weighted by atomic mass is 16.5. The number of allylic oxidation sites excluding steroid dienone is 1. The molecule has 17 heavy (non-hydrogen) atoms. The second-order valence-electron chi connectivity index (χ2n) is 5.22. The SMILES string of the molecule is CC[C@@H](N)C[C@H](C)/C=C(\C)C(=O)OCC(C)C. The van der Waals surface area contributed by atoms with Crippen LogP contribution in [0.4, 0.5) is 0 Å². The molecule has 0 unspecified atom stereocenters. The fourth-order valence-electron chi connectivity index (χ4n) is 1.56. The van der Waals surface area contributed by atoms with Crippen molar-refractivity contribution in [3.63, 3.8) is 0 Å². The standard InChI is InChI=1S/C14H27NO2/c1-6-13(15)8-11(4)7-12(5)14(16)17-9-10(2)3/h7,10-11,13H,6,8-9,15H2,1-5H3/b12-7+/t11-,13-/m1/s1. The predicted molar refractivity (Wildman–Crippen MR) is 71.6 cm³/mol. The van der Waals surface area contributed by atoms with Crippen LogP contribution in [0.3, 0.4) is 0 Å². The first kappa shape index (κ1) is 16.2. The zero-order chi connectivity index (χ0) is 13.4. The maximum absolute atomic E-state index is 11.6. The Labute approximate surface area is 105 Å². The molecule has 0 saturated carbocycles. The van der Waals surface area contributed by atoms with Gasteiger partial charge >= 0.3 is 5.97 Å². The fraction of sp³-hybridized carbons (Fsp3) is 0.786. The van der Waals surface area contributed by atoms with Gasteiger partial charge in [-0.2, -0.15) is 0 Å². The molecule has 0 aromatic rings. The van der Waals surface area contributed by atoms with E-state index in [0.29, 0.717) is 24.0 Å². The molecule has 0 aromatic heterocycles. The molecular weight excluding hydrogens is 214 g/mol. The number of esters is 1. The third kappa shape index (κ3) is 7.97. The maximum Gasteiger partial charge on any atom is 0.333 e. The number of rotatable bonds is 7. The lowest BCUT2D eigenvalue weighted by atomic mass is 9.98. The van der Waals surface area contributed by atoms with Gasteiger partial charge in [0.1, 0.15) is 0 Å². The van der Waals surface area contributed by atoms with Gasteiger partial charge in [0.15, 0.2) is 0 Å². The lowest BCUT2D eigenvalue weighted by Crippen LogP contribution is -2.21. The summed E-state index contributed by atoms with van der Waals surface area (Å²) in [5, 5.41) is 0. The highest BCUT2D eigenvalue weighted by Gasteiger charge is 2.10. The van der Waals surface area contributed by atoms with Gasteiger partial charge in [0, 0.05) is 11.6 Å². The van der Waals surface area contributed by atoms with Crippen LogP contribution in [0.5, 0.6) is 0 Å². The Morgan fingerprint density at radius 2 is 1.94 bits per heavy atom. The van der Waals surface area contributed by atoms with Crippen LogP contribution in [0.1, 0.15) is 47.5 Å². The van der Waals surface area contributed by atoms with E-state index in [2.05, 4.69) is 13.8 Å². The van der Waals surface area contributed by atoms with Crippen LogP contribution in [0.15, 0.2) is 11.6 Å². The van der Waals surface area contributed by atoms with Crippen molar-refractivity contribution in [1.82, 2.24) is 0 Å². The van der Waals surface area contributed by atoms with Crippen molar-refractivity contribution in [2.45, 2.75) is 53.5 Å². The van der Waals surface area contributed by atoms with Crippen LogP contribution in [-0.2, 0) is 9.53 Å². The normalized spacial score (nSPS) is 15.8. The number of hydrogen-bond donors (Lipinski definition) is 1. The fourth-order valence-corrected chi connectivity index (χ4v) is 1.56. The zero-order valence-electron chi connectivity index (χ0n) is 11.8. The van der Waals surface area contributed by atoms with Crippen LogP contribution in [0, 0.1) is 11.8 Å². The Bertz CT molecular complexity index is 259.